The van der Waals surface area contributed by atoms with Crippen molar-refractivity contribution < 1.29 is 0 Å². The first kappa shape index (κ1) is 19.8. The Morgan fingerprint density at radius 2 is 1.39 bits per heavy atom. The summed E-state index contributed by atoms with van der Waals surface area (Å²) in [4.78, 5) is 9.91. The van der Waals surface area contributed by atoms with Crippen LogP contribution < -0.4 is 0 Å². The maximum Gasteiger partial charge on any atom is 0.235 e. The summed E-state index contributed by atoms with van der Waals surface area (Å²) in [6.07, 6.45) is 1.94. The van der Waals surface area contributed by atoms with Crippen LogP contribution in [0.3, 0.4) is 0 Å². The van der Waals surface area contributed by atoms with Crippen LogP contribution in [0.25, 0.3) is 60.6 Å². The number of para-hydroxylation sites is 2. The summed E-state index contributed by atoms with van der Waals surface area (Å²) in [5.74, 6) is 0.709. The van der Waals surface area contributed by atoms with E-state index in [1.165, 1.54) is 49.3 Å². The maximum absolute atomic E-state index is 5.04. The van der Waals surface area contributed by atoms with Crippen molar-refractivity contribution in [2.24, 2.45) is 0 Å². The molecule has 3 heteroatoms. The fourth-order valence-corrected chi connectivity index (χ4v) is 6.24. The van der Waals surface area contributed by atoms with E-state index in [9.17, 15) is 0 Å². The van der Waals surface area contributed by atoms with Crippen molar-refractivity contribution in [2.45, 2.75) is 19.3 Å². The minimum atomic E-state index is -0.103. The van der Waals surface area contributed by atoms with Crippen molar-refractivity contribution in [1.29, 1.82) is 0 Å². The fourth-order valence-electron chi connectivity index (χ4n) is 6.24. The summed E-state index contributed by atoms with van der Waals surface area (Å²) in [5.41, 5.74) is 8.50. The van der Waals surface area contributed by atoms with Crippen LogP contribution in [-0.2, 0) is 5.41 Å². The molecule has 5 aromatic carbocycles. The predicted octanol–water partition coefficient (Wildman–Crippen LogP) is 8.19. The van der Waals surface area contributed by atoms with Gasteiger partial charge in [0, 0.05) is 33.3 Å². The molecule has 36 heavy (non-hydrogen) atoms. The van der Waals surface area contributed by atoms with Crippen molar-refractivity contribution in [2.75, 3.05) is 0 Å². The van der Waals surface area contributed by atoms with E-state index in [1.54, 1.807) is 0 Å². The van der Waals surface area contributed by atoms with Gasteiger partial charge in [-0.05, 0) is 51.7 Å². The highest BCUT2D eigenvalue weighted by atomic mass is 15.2. The lowest BCUT2D eigenvalue weighted by atomic mass is 9.82. The van der Waals surface area contributed by atoms with Crippen LogP contribution in [0.1, 0.15) is 25.0 Å². The normalized spacial score (nSPS) is 14.1. The highest BCUT2D eigenvalue weighted by molar-refractivity contribution is 6.16. The molecule has 0 radical (unpaired) electrons. The molecule has 2 heterocycles. The molecule has 0 amide bonds. The number of nitrogens with zero attached hydrogens (tertiary/aromatic N) is 3. The second kappa shape index (κ2) is 6.79. The molecule has 0 atom stereocenters. The average molecular weight is 462 g/mol. The van der Waals surface area contributed by atoms with Gasteiger partial charge in [0.15, 0.2) is 0 Å². The van der Waals surface area contributed by atoms with Gasteiger partial charge in [-0.1, -0.05) is 86.6 Å². The minimum absolute atomic E-state index is 0.103. The summed E-state index contributed by atoms with van der Waals surface area (Å²) in [6.45, 7) is 4.69. The lowest BCUT2D eigenvalue weighted by Gasteiger charge is -2.21. The van der Waals surface area contributed by atoms with Gasteiger partial charge in [0.2, 0.25) is 5.95 Å². The molecule has 0 fully saturated rings. The van der Waals surface area contributed by atoms with Crippen LogP contribution in [0.2, 0.25) is 0 Å². The summed E-state index contributed by atoms with van der Waals surface area (Å²) in [7, 11) is 0. The summed E-state index contributed by atoms with van der Waals surface area (Å²) >= 11 is 0. The molecule has 0 saturated carbocycles. The van der Waals surface area contributed by atoms with Gasteiger partial charge in [-0.25, -0.2) is 9.97 Å². The molecular formula is C33H23N3. The van der Waals surface area contributed by atoms with E-state index < -0.39 is 0 Å². The van der Waals surface area contributed by atoms with Gasteiger partial charge >= 0.3 is 0 Å². The third-order valence-corrected chi connectivity index (χ3v) is 8.01. The largest absolute Gasteiger partial charge is 0.277 e. The van der Waals surface area contributed by atoms with E-state index in [0.717, 1.165) is 16.4 Å². The molecule has 0 bridgehead atoms. The summed E-state index contributed by atoms with van der Waals surface area (Å²) < 4.78 is 2.27. The predicted molar refractivity (Wildman–Crippen MR) is 149 cm³/mol. The molecule has 0 aliphatic heterocycles. The molecule has 0 spiro atoms. The molecule has 1 aliphatic carbocycles. The lowest BCUT2D eigenvalue weighted by molar-refractivity contribution is 0.661. The Labute approximate surface area is 208 Å². The molecule has 1 aliphatic rings. The molecule has 3 nitrogen and oxygen atoms in total. The number of hydrogen-bond donors (Lipinski definition) is 0. The summed E-state index contributed by atoms with van der Waals surface area (Å²) in [6, 6.07) is 34.9. The lowest BCUT2D eigenvalue weighted by Crippen LogP contribution is -2.15. The van der Waals surface area contributed by atoms with E-state index in [1.807, 2.05) is 18.3 Å². The number of hydrogen-bond acceptors (Lipinski definition) is 2. The molecule has 0 unspecified atom stereocenters. The van der Waals surface area contributed by atoms with Gasteiger partial charge in [-0.2, -0.15) is 0 Å². The minimum Gasteiger partial charge on any atom is -0.277 e. The van der Waals surface area contributed by atoms with Crippen LogP contribution in [0.4, 0.5) is 0 Å². The van der Waals surface area contributed by atoms with Crippen LogP contribution in [0.15, 0.2) is 103 Å². The Bertz CT molecular complexity index is 2030. The van der Waals surface area contributed by atoms with Crippen molar-refractivity contribution in [3.05, 3.63) is 114 Å². The highest BCUT2D eigenvalue weighted by Gasteiger charge is 2.38. The van der Waals surface area contributed by atoms with E-state index >= 15 is 0 Å². The van der Waals surface area contributed by atoms with E-state index in [4.69, 9.17) is 9.97 Å². The third-order valence-electron chi connectivity index (χ3n) is 8.01. The van der Waals surface area contributed by atoms with Crippen LogP contribution >= 0.6 is 0 Å². The number of aromatic nitrogens is 3. The Balaban J connectivity index is 1.57. The van der Waals surface area contributed by atoms with Gasteiger partial charge in [-0.3, -0.25) is 4.57 Å². The highest BCUT2D eigenvalue weighted by Crippen LogP contribution is 2.53. The van der Waals surface area contributed by atoms with Gasteiger partial charge in [0.1, 0.15) is 0 Å². The molecule has 0 N–H and O–H groups in total. The zero-order valence-electron chi connectivity index (χ0n) is 20.2. The zero-order valence-corrected chi connectivity index (χ0v) is 20.2. The standard InChI is InChI=1S/C33H23N3/c1-33(2)26-16-15-24-23-12-6-8-14-29(23)36(32-34-19-22-11-5-7-13-28(22)35-32)31(24)30(26)25-17-20-9-3-4-10-21(20)18-27(25)33/h3-19H,1-2H3. The van der Waals surface area contributed by atoms with E-state index in [-0.39, 0.29) is 5.41 Å². The van der Waals surface area contributed by atoms with Crippen molar-refractivity contribution in [3.63, 3.8) is 0 Å². The Morgan fingerprint density at radius 1 is 0.667 bits per heavy atom. The van der Waals surface area contributed by atoms with Gasteiger partial charge < -0.3 is 0 Å². The fraction of sp³-hybridized carbons (Fsp3) is 0.0909. The molecule has 8 rings (SSSR count). The average Bonchev–Trinajstić information content (AvgIpc) is 3.36. The number of fused-ring (bicyclic) bond motifs is 9. The molecule has 0 saturated heterocycles. The monoisotopic (exact) mass is 461 g/mol. The first-order valence-corrected chi connectivity index (χ1v) is 12.4. The summed E-state index contributed by atoms with van der Waals surface area (Å²) in [5, 5.41) is 6.05. The van der Waals surface area contributed by atoms with Gasteiger partial charge in [0.25, 0.3) is 0 Å². The molecule has 170 valence electrons. The SMILES string of the molecule is CC1(C)c2cc3ccccc3cc2-c2c1ccc1c3ccccc3n(-c3ncc4ccccc4n3)c21. The van der Waals surface area contributed by atoms with Crippen molar-refractivity contribution in [3.8, 4) is 17.1 Å². The smallest absolute Gasteiger partial charge is 0.235 e. The molecule has 2 aromatic heterocycles. The Hall–Kier alpha value is -4.50. The third kappa shape index (κ3) is 2.47. The Morgan fingerprint density at radius 3 is 2.25 bits per heavy atom. The first-order chi connectivity index (χ1) is 17.6. The topological polar surface area (TPSA) is 30.7 Å². The van der Waals surface area contributed by atoms with Crippen molar-refractivity contribution >= 4 is 43.5 Å². The number of rotatable bonds is 1. The van der Waals surface area contributed by atoms with Crippen molar-refractivity contribution in [1.82, 2.24) is 14.5 Å². The zero-order chi connectivity index (χ0) is 24.0. The molecule has 7 aromatic rings. The molecular weight excluding hydrogens is 438 g/mol. The number of benzene rings is 5. The maximum atomic E-state index is 5.04. The van der Waals surface area contributed by atoms with Gasteiger partial charge in [-0.15, -0.1) is 0 Å². The van der Waals surface area contributed by atoms with Crippen LogP contribution in [0, 0.1) is 0 Å². The quantitative estimate of drug-likeness (QED) is 0.247. The van der Waals surface area contributed by atoms with E-state index in [2.05, 4.69) is 103 Å². The van der Waals surface area contributed by atoms with Crippen LogP contribution in [0.5, 0.6) is 0 Å². The van der Waals surface area contributed by atoms with Gasteiger partial charge in [0.05, 0.1) is 16.6 Å². The second-order valence-electron chi connectivity index (χ2n) is 10.3. The second-order valence-corrected chi connectivity index (χ2v) is 10.3. The Kier molecular flexibility index (Phi) is 3.73. The first-order valence-electron chi connectivity index (χ1n) is 12.4. The van der Waals surface area contributed by atoms with Crippen LogP contribution in [-0.4, -0.2) is 14.5 Å². The van der Waals surface area contributed by atoms with E-state index in [0.29, 0.717) is 5.95 Å².